The van der Waals surface area contributed by atoms with Gasteiger partial charge in [0.15, 0.2) is 27.2 Å². The maximum absolute atomic E-state index is 12.9. The van der Waals surface area contributed by atoms with Crippen LogP contribution in [-0.4, -0.2) is 50.9 Å². The molecule has 0 saturated heterocycles. The summed E-state index contributed by atoms with van der Waals surface area (Å²) in [5, 5.41) is 0.255. The monoisotopic (exact) mass is 440 g/mol. The van der Waals surface area contributed by atoms with Gasteiger partial charge in [-0.2, -0.15) is 0 Å². The van der Waals surface area contributed by atoms with E-state index in [0.717, 1.165) is 0 Å². The van der Waals surface area contributed by atoms with E-state index >= 15 is 0 Å². The van der Waals surface area contributed by atoms with Gasteiger partial charge in [-0.3, -0.25) is 4.79 Å². The summed E-state index contributed by atoms with van der Waals surface area (Å²) in [6.45, 7) is 2.17. The maximum atomic E-state index is 12.9. The number of carbonyl (C=O) groups is 1. The summed E-state index contributed by atoms with van der Waals surface area (Å²) in [6, 6.07) is 4.72. The Morgan fingerprint density at radius 1 is 1.21 bits per heavy atom. The van der Waals surface area contributed by atoms with Gasteiger partial charge in [0.05, 0.1) is 38.0 Å². The molecule has 2 aromatic rings. The molecule has 1 aromatic carbocycles. The van der Waals surface area contributed by atoms with Gasteiger partial charge in [-0.05, 0) is 36.8 Å². The number of benzene rings is 1. The van der Waals surface area contributed by atoms with Crippen molar-refractivity contribution in [3.05, 3.63) is 47.0 Å². The van der Waals surface area contributed by atoms with Crippen LogP contribution in [0, 0.1) is 0 Å². The molecule has 0 aliphatic carbocycles. The third-order valence-corrected chi connectivity index (χ3v) is 5.75. The van der Waals surface area contributed by atoms with E-state index in [1.807, 2.05) is 0 Å². The van der Waals surface area contributed by atoms with Gasteiger partial charge in [0.2, 0.25) is 0 Å². The summed E-state index contributed by atoms with van der Waals surface area (Å²) in [5.41, 5.74) is 0.448. The summed E-state index contributed by atoms with van der Waals surface area (Å²) in [5.74, 6) is -0.368. The molecule has 0 radical (unpaired) electrons. The van der Waals surface area contributed by atoms with Gasteiger partial charge in [-0.15, -0.1) is 0 Å². The molecular formula is C19H21ClN2O6S. The van der Waals surface area contributed by atoms with Crippen LogP contribution in [0.1, 0.15) is 24.7 Å². The summed E-state index contributed by atoms with van der Waals surface area (Å²) < 4.78 is 41.2. The first-order chi connectivity index (χ1) is 13.8. The minimum atomic E-state index is -3.91. The van der Waals surface area contributed by atoms with Crippen molar-refractivity contribution in [2.45, 2.75) is 13.3 Å². The number of methoxy groups -OCH3 is 2. The van der Waals surface area contributed by atoms with Crippen LogP contribution in [0.4, 0.5) is 0 Å². The Hall–Kier alpha value is -2.65. The Morgan fingerprint density at radius 2 is 1.90 bits per heavy atom. The predicted molar refractivity (Wildman–Crippen MR) is 109 cm³/mol. The lowest BCUT2D eigenvalue weighted by molar-refractivity contribution is -0.140. The van der Waals surface area contributed by atoms with E-state index in [1.54, 1.807) is 25.1 Å². The molecule has 1 heterocycles. The molecule has 8 nitrogen and oxygen atoms in total. The summed E-state index contributed by atoms with van der Waals surface area (Å²) in [6.07, 6.45) is 3.95. The van der Waals surface area contributed by atoms with Crippen LogP contribution in [0.25, 0.3) is 11.0 Å². The van der Waals surface area contributed by atoms with Crippen LogP contribution in [0.5, 0.6) is 11.5 Å². The highest BCUT2D eigenvalue weighted by molar-refractivity contribution is 8.00. The zero-order valence-corrected chi connectivity index (χ0v) is 17.8. The molecule has 10 heteroatoms. The maximum Gasteiger partial charge on any atom is 0.306 e. The van der Waals surface area contributed by atoms with E-state index < -0.39 is 21.6 Å². The molecule has 0 bridgehead atoms. The van der Waals surface area contributed by atoms with Crippen molar-refractivity contribution in [3.63, 3.8) is 0 Å². The highest BCUT2D eigenvalue weighted by atomic mass is 35.5. The molecule has 0 atom stereocenters. The van der Waals surface area contributed by atoms with Gasteiger partial charge in [0.25, 0.3) is 0 Å². The SMILES string of the molecule is CCOc1cc(/C=C(\c2ncccn2)S(=O)(=O)CCC(=O)OC)cc(Cl)c1OC. The first-order valence-corrected chi connectivity index (χ1v) is 10.6. The van der Waals surface area contributed by atoms with Crippen molar-refractivity contribution < 1.29 is 27.4 Å². The summed E-state index contributed by atoms with van der Waals surface area (Å²) in [7, 11) is -1.26. The molecule has 0 N–H and O–H groups in total. The van der Waals surface area contributed by atoms with Crippen molar-refractivity contribution in [1.82, 2.24) is 9.97 Å². The number of carbonyl (C=O) groups excluding carboxylic acids is 1. The van der Waals surface area contributed by atoms with Gasteiger partial charge in [0.1, 0.15) is 4.91 Å². The van der Waals surface area contributed by atoms with Crippen molar-refractivity contribution in [2.75, 3.05) is 26.6 Å². The molecule has 0 saturated carbocycles. The van der Waals surface area contributed by atoms with Gasteiger partial charge in [-0.1, -0.05) is 11.6 Å². The van der Waals surface area contributed by atoms with E-state index in [-0.39, 0.29) is 22.2 Å². The number of rotatable bonds is 9. The molecule has 0 spiro atoms. The predicted octanol–water partition coefficient (Wildman–Crippen LogP) is 3.01. The first-order valence-electron chi connectivity index (χ1n) is 8.61. The lowest BCUT2D eigenvalue weighted by atomic mass is 10.2. The summed E-state index contributed by atoms with van der Waals surface area (Å²) in [4.78, 5) is 19.4. The standard InChI is InChI=1S/C19H21ClN2O6S/c1-4-28-15-11-13(10-14(20)18(15)27-3)12-16(19-21-7-5-8-22-19)29(24,25)9-6-17(23)26-2/h5,7-8,10-12H,4,6,9H2,1-3H3/b16-12+. The Balaban J connectivity index is 2.58. The average Bonchev–Trinajstić information content (AvgIpc) is 2.71. The third-order valence-electron chi connectivity index (χ3n) is 3.76. The van der Waals surface area contributed by atoms with Crippen molar-refractivity contribution in [3.8, 4) is 11.5 Å². The molecule has 29 heavy (non-hydrogen) atoms. The zero-order valence-electron chi connectivity index (χ0n) is 16.2. The highest BCUT2D eigenvalue weighted by Crippen LogP contribution is 2.37. The fraction of sp³-hybridized carbons (Fsp3) is 0.316. The number of hydrogen-bond acceptors (Lipinski definition) is 8. The second-order valence-corrected chi connectivity index (χ2v) is 8.18. The van der Waals surface area contributed by atoms with Crippen molar-refractivity contribution >= 4 is 38.4 Å². The quantitative estimate of drug-likeness (QED) is 0.548. The zero-order chi connectivity index (χ0) is 21.4. The van der Waals surface area contributed by atoms with E-state index in [9.17, 15) is 13.2 Å². The van der Waals surface area contributed by atoms with Gasteiger partial charge >= 0.3 is 5.97 Å². The molecule has 0 aliphatic rings. The second-order valence-electron chi connectivity index (χ2n) is 5.69. The van der Waals surface area contributed by atoms with Crippen LogP contribution in [0.3, 0.4) is 0 Å². The Kier molecular flexibility index (Phi) is 7.98. The molecule has 156 valence electrons. The lowest BCUT2D eigenvalue weighted by Gasteiger charge is -2.13. The van der Waals surface area contributed by atoms with Crippen LogP contribution >= 0.6 is 11.6 Å². The van der Waals surface area contributed by atoms with Crippen LogP contribution < -0.4 is 9.47 Å². The van der Waals surface area contributed by atoms with Crippen LogP contribution in [-0.2, 0) is 19.4 Å². The molecule has 0 unspecified atom stereocenters. The first kappa shape index (κ1) is 22.6. The Labute approximate surface area is 174 Å². The molecule has 0 amide bonds. The number of sulfone groups is 1. The minimum Gasteiger partial charge on any atom is -0.491 e. The molecule has 2 rings (SSSR count). The number of hydrogen-bond donors (Lipinski definition) is 0. The highest BCUT2D eigenvalue weighted by Gasteiger charge is 2.24. The molecule has 1 aromatic heterocycles. The van der Waals surface area contributed by atoms with Gasteiger partial charge in [0, 0.05) is 12.4 Å². The lowest BCUT2D eigenvalue weighted by Crippen LogP contribution is -2.14. The smallest absolute Gasteiger partial charge is 0.306 e. The van der Waals surface area contributed by atoms with Crippen LogP contribution in [0.15, 0.2) is 30.6 Å². The minimum absolute atomic E-state index is 0.00210. The Bertz CT molecular complexity index is 993. The van der Waals surface area contributed by atoms with E-state index in [1.165, 1.54) is 32.7 Å². The third kappa shape index (κ3) is 5.91. The number of halogens is 1. The van der Waals surface area contributed by atoms with E-state index in [4.69, 9.17) is 21.1 Å². The normalized spacial score (nSPS) is 11.8. The number of ether oxygens (including phenoxy) is 3. The molecule has 0 fully saturated rings. The fourth-order valence-electron chi connectivity index (χ4n) is 2.43. The van der Waals surface area contributed by atoms with Crippen LogP contribution in [0.2, 0.25) is 5.02 Å². The van der Waals surface area contributed by atoms with Gasteiger partial charge < -0.3 is 14.2 Å². The van der Waals surface area contributed by atoms with Crippen molar-refractivity contribution in [1.29, 1.82) is 0 Å². The van der Waals surface area contributed by atoms with Crippen molar-refractivity contribution in [2.24, 2.45) is 0 Å². The van der Waals surface area contributed by atoms with Gasteiger partial charge in [-0.25, -0.2) is 18.4 Å². The number of esters is 1. The Morgan fingerprint density at radius 3 is 2.48 bits per heavy atom. The molecule has 0 aliphatic heterocycles. The fourth-order valence-corrected chi connectivity index (χ4v) is 4.08. The second kappa shape index (κ2) is 10.2. The van der Waals surface area contributed by atoms with E-state index in [2.05, 4.69) is 14.7 Å². The van der Waals surface area contributed by atoms with E-state index in [0.29, 0.717) is 23.7 Å². The number of aromatic nitrogens is 2. The topological polar surface area (TPSA) is 105 Å². The number of nitrogens with zero attached hydrogens (tertiary/aromatic N) is 2. The summed E-state index contributed by atoms with van der Waals surface area (Å²) >= 11 is 6.26. The average molecular weight is 441 g/mol. The largest absolute Gasteiger partial charge is 0.491 e. The molecular weight excluding hydrogens is 420 g/mol.